The molecule has 4 rings (SSSR count). The van der Waals surface area contributed by atoms with Gasteiger partial charge in [-0.1, -0.05) is 35.5 Å². The molecular formula is C17H13ClF2N6S. The van der Waals surface area contributed by atoms with E-state index >= 15 is 0 Å². The molecule has 0 aliphatic heterocycles. The van der Waals surface area contributed by atoms with E-state index in [-0.39, 0.29) is 11.6 Å². The number of imidazole rings is 1. The largest absolute Gasteiger partial charge is 0.335 e. The minimum Gasteiger partial charge on any atom is -0.335 e. The molecule has 0 atom stereocenters. The van der Waals surface area contributed by atoms with E-state index in [2.05, 4.69) is 15.2 Å². The smallest absolute Gasteiger partial charge is 0.320 e. The molecule has 0 saturated heterocycles. The molecule has 0 fully saturated rings. The number of thioether (sulfide) groups is 1. The van der Waals surface area contributed by atoms with Crippen LogP contribution in [0.25, 0.3) is 22.4 Å². The molecule has 6 nitrogen and oxygen atoms in total. The summed E-state index contributed by atoms with van der Waals surface area (Å²) in [5.74, 6) is 6.95. The van der Waals surface area contributed by atoms with E-state index < -0.39 is 6.55 Å². The van der Waals surface area contributed by atoms with Crippen molar-refractivity contribution >= 4 is 34.4 Å². The Morgan fingerprint density at radius 2 is 1.81 bits per heavy atom. The molecule has 0 aliphatic carbocycles. The monoisotopic (exact) mass is 406 g/mol. The Morgan fingerprint density at radius 1 is 1.07 bits per heavy atom. The van der Waals surface area contributed by atoms with Gasteiger partial charge in [-0.15, -0.1) is 10.2 Å². The molecule has 0 bridgehead atoms. The van der Waals surface area contributed by atoms with Crippen LogP contribution in [0.1, 0.15) is 12.4 Å². The summed E-state index contributed by atoms with van der Waals surface area (Å²) in [5.41, 5.74) is 1.66. The first kappa shape index (κ1) is 17.7. The predicted octanol–water partition coefficient (Wildman–Crippen LogP) is 4.35. The minimum atomic E-state index is -2.69. The van der Waals surface area contributed by atoms with Gasteiger partial charge in [-0.05, 0) is 36.4 Å². The van der Waals surface area contributed by atoms with Crippen LogP contribution < -0.4 is 5.84 Å². The fraction of sp³-hybridized carbons (Fsp3) is 0.118. The van der Waals surface area contributed by atoms with Gasteiger partial charge in [-0.2, -0.15) is 8.78 Å². The molecule has 0 saturated carbocycles. The highest BCUT2D eigenvalue weighted by Gasteiger charge is 2.19. The number of aromatic nitrogens is 5. The number of benzene rings is 2. The van der Waals surface area contributed by atoms with Crippen LogP contribution in [-0.2, 0) is 5.75 Å². The van der Waals surface area contributed by atoms with Crippen molar-refractivity contribution in [3.05, 3.63) is 59.4 Å². The Labute approximate surface area is 161 Å². The van der Waals surface area contributed by atoms with Crippen molar-refractivity contribution in [1.29, 1.82) is 0 Å². The summed E-state index contributed by atoms with van der Waals surface area (Å²) in [5, 5.41) is 9.12. The Morgan fingerprint density at radius 3 is 2.56 bits per heavy atom. The first-order valence-corrected chi connectivity index (χ1v) is 9.24. The van der Waals surface area contributed by atoms with Gasteiger partial charge in [0.25, 0.3) is 0 Å². The van der Waals surface area contributed by atoms with Crippen LogP contribution in [0.3, 0.4) is 0 Å². The van der Waals surface area contributed by atoms with Gasteiger partial charge < -0.3 is 5.84 Å². The zero-order valence-electron chi connectivity index (χ0n) is 13.8. The molecule has 2 heterocycles. The lowest BCUT2D eigenvalue weighted by Gasteiger charge is -2.07. The molecule has 2 aromatic heterocycles. The third-order valence-corrected chi connectivity index (χ3v) is 5.15. The van der Waals surface area contributed by atoms with Crippen LogP contribution in [0.2, 0.25) is 5.02 Å². The van der Waals surface area contributed by atoms with Crippen LogP contribution in [0.4, 0.5) is 8.78 Å². The van der Waals surface area contributed by atoms with Gasteiger partial charge >= 0.3 is 6.55 Å². The topological polar surface area (TPSA) is 74.6 Å². The molecule has 27 heavy (non-hydrogen) atoms. The van der Waals surface area contributed by atoms with E-state index in [0.29, 0.717) is 27.0 Å². The molecule has 4 aromatic rings. The molecular weight excluding hydrogens is 394 g/mol. The predicted molar refractivity (Wildman–Crippen MR) is 101 cm³/mol. The number of halogens is 3. The van der Waals surface area contributed by atoms with E-state index in [1.54, 1.807) is 48.5 Å². The zero-order valence-corrected chi connectivity index (χ0v) is 15.3. The summed E-state index contributed by atoms with van der Waals surface area (Å²) in [6, 6.07) is 13.8. The van der Waals surface area contributed by atoms with Gasteiger partial charge in [0, 0.05) is 10.6 Å². The van der Waals surface area contributed by atoms with Crippen molar-refractivity contribution in [3.8, 4) is 11.4 Å². The van der Waals surface area contributed by atoms with E-state index in [4.69, 9.17) is 17.4 Å². The first-order chi connectivity index (χ1) is 13.0. The number of alkyl halides is 2. The first-order valence-electron chi connectivity index (χ1n) is 7.88. The average molecular weight is 407 g/mol. The highest BCUT2D eigenvalue weighted by molar-refractivity contribution is 7.98. The Kier molecular flexibility index (Phi) is 4.71. The second-order valence-electron chi connectivity index (χ2n) is 5.64. The molecule has 0 amide bonds. The Bertz CT molecular complexity index is 1090. The molecule has 10 heteroatoms. The van der Waals surface area contributed by atoms with Crippen molar-refractivity contribution in [1.82, 2.24) is 24.4 Å². The summed E-state index contributed by atoms with van der Waals surface area (Å²) in [6.07, 6.45) is 0. The van der Waals surface area contributed by atoms with Gasteiger partial charge in [-0.25, -0.2) is 9.66 Å². The third kappa shape index (κ3) is 3.35. The zero-order chi connectivity index (χ0) is 19.0. The summed E-state index contributed by atoms with van der Waals surface area (Å²) >= 11 is 7.07. The molecule has 0 aliphatic rings. The van der Waals surface area contributed by atoms with Gasteiger partial charge in [0.05, 0.1) is 16.8 Å². The summed E-state index contributed by atoms with van der Waals surface area (Å²) in [4.78, 5) is 4.30. The number of hydrogen-bond donors (Lipinski definition) is 1. The summed E-state index contributed by atoms with van der Waals surface area (Å²) < 4.78 is 29.2. The van der Waals surface area contributed by atoms with Crippen LogP contribution >= 0.6 is 23.4 Å². The van der Waals surface area contributed by atoms with Crippen LogP contribution in [-0.4, -0.2) is 24.4 Å². The third-order valence-electron chi connectivity index (χ3n) is 3.96. The van der Waals surface area contributed by atoms with Gasteiger partial charge in [0.2, 0.25) is 5.16 Å². The van der Waals surface area contributed by atoms with E-state index in [1.807, 2.05) is 0 Å². The number of nitrogen functional groups attached to an aromatic ring is 1. The van der Waals surface area contributed by atoms with Crippen molar-refractivity contribution in [2.75, 3.05) is 5.84 Å². The number of hydrogen-bond acceptors (Lipinski definition) is 5. The average Bonchev–Trinajstić information content (AvgIpc) is 3.21. The van der Waals surface area contributed by atoms with Gasteiger partial charge in [-0.3, -0.25) is 4.57 Å². The Hall–Kier alpha value is -2.65. The standard InChI is InChI=1S/C17H13ClF2N6S/c18-11-7-5-10(6-8-11)15-23-24-17(26(15)21)27-9-14-22-12-3-1-2-4-13(12)25(14)16(19)20/h1-8,16H,9,21H2. The molecule has 0 spiro atoms. The normalized spacial score (nSPS) is 11.6. The number of fused-ring (bicyclic) bond motifs is 1. The van der Waals surface area contributed by atoms with Crippen LogP contribution in [0.15, 0.2) is 53.7 Å². The van der Waals surface area contributed by atoms with Gasteiger partial charge in [0.1, 0.15) is 5.82 Å². The van der Waals surface area contributed by atoms with Crippen LogP contribution in [0.5, 0.6) is 0 Å². The van der Waals surface area contributed by atoms with Crippen LogP contribution in [0, 0.1) is 0 Å². The van der Waals surface area contributed by atoms with Crippen molar-refractivity contribution in [2.24, 2.45) is 0 Å². The van der Waals surface area contributed by atoms with E-state index in [1.165, 1.54) is 16.4 Å². The number of rotatable bonds is 5. The molecule has 2 N–H and O–H groups in total. The maximum atomic E-state index is 13.5. The molecule has 0 unspecified atom stereocenters. The van der Waals surface area contributed by atoms with E-state index in [9.17, 15) is 8.78 Å². The highest BCUT2D eigenvalue weighted by Crippen LogP contribution is 2.29. The summed E-state index contributed by atoms with van der Waals surface area (Å²) in [7, 11) is 0. The fourth-order valence-electron chi connectivity index (χ4n) is 2.71. The van der Waals surface area contributed by atoms with Gasteiger partial charge in [0.15, 0.2) is 5.82 Å². The second-order valence-corrected chi connectivity index (χ2v) is 7.02. The van der Waals surface area contributed by atoms with Crippen molar-refractivity contribution in [3.63, 3.8) is 0 Å². The lowest BCUT2D eigenvalue weighted by molar-refractivity contribution is 0.0722. The lowest BCUT2D eigenvalue weighted by Crippen LogP contribution is -2.12. The lowest BCUT2D eigenvalue weighted by atomic mass is 10.2. The second kappa shape index (κ2) is 7.16. The Balaban J connectivity index is 1.60. The quantitative estimate of drug-likeness (QED) is 0.394. The van der Waals surface area contributed by atoms with E-state index in [0.717, 1.165) is 10.1 Å². The SMILES string of the molecule is Nn1c(SCc2nc3ccccc3n2C(F)F)nnc1-c1ccc(Cl)cc1. The van der Waals surface area contributed by atoms with Crippen molar-refractivity contribution < 1.29 is 8.78 Å². The molecule has 138 valence electrons. The number of para-hydroxylation sites is 2. The molecule has 0 radical (unpaired) electrons. The number of nitrogens with zero attached hydrogens (tertiary/aromatic N) is 5. The minimum absolute atomic E-state index is 0.176. The maximum absolute atomic E-state index is 13.5. The van der Waals surface area contributed by atoms with Crippen molar-refractivity contribution in [2.45, 2.75) is 17.5 Å². The maximum Gasteiger partial charge on any atom is 0.320 e. The fourth-order valence-corrected chi connectivity index (χ4v) is 3.63. The number of nitrogens with two attached hydrogens (primary N) is 1. The summed E-state index contributed by atoms with van der Waals surface area (Å²) in [6.45, 7) is -2.69. The highest BCUT2D eigenvalue weighted by atomic mass is 35.5. The molecule has 2 aromatic carbocycles.